The molecule has 228 valence electrons. The lowest BCUT2D eigenvalue weighted by Gasteiger charge is -2.47. The average Bonchev–Trinajstić information content (AvgIpc) is 3.50. The number of ether oxygens (including phenoxy) is 1. The first-order valence-corrected chi connectivity index (χ1v) is 14.9. The van der Waals surface area contributed by atoms with Crippen molar-refractivity contribution in [3.63, 3.8) is 0 Å². The SMILES string of the molecule is COC(=O)[C@@H]1CCCN1C(=O)CC[C@H]1CN(Cc2cccnc2)CC[C@H]1N1CCN(c2cccc(C(F)(F)F)c2)CC1. The molecule has 11 heteroatoms. The van der Waals surface area contributed by atoms with Crippen LogP contribution in [0.4, 0.5) is 18.9 Å². The number of methoxy groups -OCH3 is 1. The molecular formula is C31H40F3N5O3. The standard InChI is InChI=1S/C31H40F3N5O3/c1-42-30(41)28-8-4-13-39(28)29(40)10-9-24-22-36(21-23-5-3-12-35-20-23)14-11-27(24)38-17-15-37(16-18-38)26-7-2-6-25(19-26)31(32,33)34/h2-3,5-7,12,19-20,24,27-28H,4,8-11,13-18,21-22H2,1H3/t24-,27+,28-/m0/s1. The van der Waals surface area contributed by atoms with E-state index in [0.717, 1.165) is 57.2 Å². The van der Waals surface area contributed by atoms with Crippen LogP contribution < -0.4 is 4.90 Å². The van der Waals surface area contributed by atoms with E-state index in [1.165, 1.54) is 19.2 Å². The minimum Gasteiger partial charge on any atom is -0.467 e. The molecule has 1 aromatic carbocycles. The Morgan fingerprint density at radius 2 is 1.83 bits per heavy atom. The molecule has 3 atom stereocenters. The van der Waals surface area contributed by atoms with Crippen molar-refractivity contribution in [2.45, 2.75) is 56.9 Å². The number of amides is 1. The number of hydrogen-bond acceptors (Lipinski definition) is 7. The molecule has 4 heterocycles. The Balaban J connectivity index is 1.24. The highest BCUT2D eigenvalue weighted by molar-refractivity contribution is 5.85. The Kier molecular flexibility index (Phi) is 9.67. The molecule has 1 aromatic heterocycles. The first-order valence-electron chi connectivity index (χ1n) is 14.9. The minimum atomic E-state index is -4.36. The molecule has 0 spiro atoms. The number of carbonyl (C=O) groups is 2. The fourth-order valence-electron chi connectivity index (χ4n) is 6.84. The number of rotatable bonds is 8. The number of anilines is 1. The summed E-state index contributed by atoms with van der Waals surface area (Å²) >= 11 is 0. The first-order chi connectivity index (χ1) is 20.2. The lowest BCUT2D eigenvalue weighted by molar-refractivity contribution is -0.151. The molecule has 0 unspecified atom stereocenters. The highest BCUT2D eigenvalue weighted by Gasteiger charge is 2.38. The fraction of sp³-hybridized carbons (Fsp3) is 0.581. The van der Waals surface area contributed by atoms with Gasteiger partial charge < -0.3 is 14.5 Å². The van der Waals surface area contributed by atoms with Gasteiger partial charge in [0, 0.05) is 76.4 Å². The second kappa shape index (κ2) is 13.4. The summed E-state index contributed by atoms with van der Waals surface area (Å²) < 4.78 is 44.8. The van der Waals surface area contributed by atoms with Gasteiger partial charge >= 0.3 is 12.1 Å². The smallest absolute Gasteiger partial charge is 0.416 e. The van der Waals surface area contributed by atoms with Crippen molar-refractivity contribution in [3.05, 3.63) is 59.9 Å². The zero-order chi connectivity index (χ0) is 29.7. The van der Waals surface area contributed by atoms with E-state index in [4.69, 9.17) is 4.74 Å². The lowest BCUT2D eigenvalue weighted by Crippen LogP contribution is -2.56. The van der Waals surface area contributed by atoms with Gasteiger partial charge in [0.1, 0.15) is 6.04 Å². The number of hydrogen-bond donors (Lipinski definition) is 0. The third-order valence-electron chi connectivity index (χ3n) is 9.00. The van der Waals surface area contributed by atoms with E-state index in [1.54, 1.807) is 17.2 Å². The van der Waals surface area contributed by atoms with Crippen molar-refractivity contribution in [2.75, 3.05) is 57.8 Å². The summed E-state index contributed by atoms with van der Waals surface area (Å²) in [6.45, 7) is 5.96. The summed E-state index contributed by atoms with van der Waals surface area (Å²) in [6, 6.07) is 9.37. The van der Waals surface area contributed by atoms with Crippen LogP contribution in [-0.2, 0) is 27.0 Å². The number of pyridine rings is 1. The molecule has 3 saturated heterocycles. The van der Waals surface area contributed by atoms with Crippen molar-refractivity contribution in [1.82, 2.24) is 19.7 Å². The van der Waals surface area contributed by atoms with Gasteiger partial charge in [-0.1, -0.05) is 12.1 Å². The van der Waals surface area contributed by atoms with Crippen LogP contribution in [-0.4, -0.2) is 96.6 Å². The molecule has 3 aliphatic rings. The molecule has 2 aromatic rings. The third-order valence-corrected chi connectivity index (χ3v) is 9.00. The van der Waals surface area contributed by atoms with Crippen molar-refractivity contribution < 1.29 is 27.5 Å². The molecule has 1 amide bonds. The number of piperazine rings is 1. The maximum atomic E-state index is 13.3. The second-order valence-electron chi connectivity index (χ2n) is 11.6. The average molecular weight is 588 g/mol. The summed E-state index contributed by atoms with van der Waals surface area (Å²) in [6.07, 6.45) is 2.77. The maximum Gasteiger partial charge on any atom is 0.416 e. The van der Waals surface area contributed by atoms with Crippen LogP contribution in [0, 0.1) is 5.92 Å². The Morgan fingerprint density at radius 1 is 1.02 bits per heavy atom. The van der Waals surface area contributed by atoms with Crippen LogP contribution in [0.15, 0.2) is 48.8 Å². The Labute approximate surface area is 245 Å². The van der Waals surface area contributed by atoms with Crippen LogP contribution in [0.5, 0.6) is 0 Å². The third kappa shape index (κ3) is 7.23. The van der Waals surface area contributed by atoms with Crippen molar-refractivity contribution >= 4 is 17.6 Å². The Morgan fingerprint density at radius 3 is 2.55 bits per heavy atom. The van der Waals surface area contributed by atoms with Crippen molar-refractivity contribution in [3.8, 4) is 0 Å². The van der Waals surface area contributed by atoms with Gasteiger partial charge in [0.05, 0.1) is 12.7 Å². The van der Waals surface area contributed by atoms with Gasteiger partial charge in [-0.05, 0) is 68.0 Å². The fourth-order valence-corrected chi connectivity index (χ4v) is 6.84. The molecule has 3 aliphatic heterocycles. The van der Waals surface area contributed by atoms with Gasteiger partial charge in [0.15, 0.2) is 0 Å². The number of benzene rings is 1. The number of likely N-dealkylation sites (tertiary alicyclic amines) is 2. The Hall–Kier alpha value is -3.18. The molecule has 0 saturated carbocycles. The monoisotopic (exact) mass is 587 g/mol. The number of alkyl halides is 3. The van der Waals surface area contributed by atoms with Gasteiger partial charge in [0.25, 0.3) is 0 Å². The molecule has 0 aliphatic carbocycles. The molecule has 42 heavy (non-hydrogen) atoms. The van der Waals surface area contributed by atoms with Gasteiger partial charge in [0.2, 0.25) is 5.91 Å². The quantitative estimate of drug-likeness (QED) is 0.432. The zero-order valence-corrected chi connectivity index (χ0v) is 24.1. The minimum absolute atomic E-state index is 0.000369. The highest BCUT2D eigenvalue weighted by atomic mass is 19.4. The second-order valence-corrected chi connectivity index (χ2v) is 11.6. The summed E-state index contributed by atoms with van der Waals surface area (Å²) in [5.41, 5.74) is 1.13. The molecule has 8 nitrogen and oxygen atoms in total. The van der Waals surface area contributed by atoms with E-state index < -0.39 is 17.8 Å². The van der Waals surface area contributed by atoms with Gasteiger partial charge in [-0.25, -0.2) is 4.79 Å². The van der Waals surface area contributed by atoms with Crippen LogP contribution in [0.3, 0.4) is 0 Å². The van der Waals surface area contributed by atoms with Crippen molar-refractivity contribution in [2.24, 2.45) is 5.92 Å². The van der Waals surface area contributed by atoms with Crippen LogP contribution in [0.25, 0.3) is 0 Å². The largest absolute Gasteiger partial charge is 0.467 e. The van der Waals surface area contributed by atoms with E-state index >= 15 is 0 Å². The van der Waals surface area contributed by atoms with Gasteiger partial charge in [-0.3, -0.25) is 19.6 Å². The molecular weight excluding hydrogens is 547 g/mol. The summed E-state index contributed by atoms with van der Waals surface area (Å²) in [5, 5.41) is 0. The number of piperidine rings is 1. The van der Waals surface area contributed by atoms with Crippen LogP contribution >= 0.6 is 0 Å². The number of esters is 1. The van der Waals surface area contributed by atoms with E-state index in [2.05, 4.69) is 20.9 Å². The molecule has 0 bridgehead atoms. The first kappa shape index (κ1) is 30.3. The molecule has 0 N–H and O–H groups in total. The van der Waals surface area contributed by atoms with Crippen LogP contribution in [0.1, 0.15) is 43.2 Å². The highest BCUT2D eigenvalue weighted by Crippen LogP contribution is 2.33. The van der Waals surface area contributed by atoms with Gasteiger partial charge in [-0.15, -0.1) is 0 Å². The van der Waals surface area contributed by atoms with Crippen LogP contribution in [0.2, 0.25) is 0 Å². The van der Waals surface area contributed by atoms with Crippen molar-refractivity contribution in [1.29, 1.82) is 0 Å². The zero-order valence-electron chi connectivity index (χ0n) is 24.1. The maximum absolute atomic E-state index is 13.3. The summed E-state index contributed by atoms with van der Waals surface area (Å²) in [5.74, 6) is -0.100. The summed E-state index contributed by atoms with van der Waals surface area (Å²) in [7, 11) is 1.36. The number of carbonyl (C=O) groups excluding carboxylic acids is 2. The van der Waals surface area contributed by atoms with Gasteiger partial charge in [-0.2, -0.15) is 13.2 Å². The normalized spacial score (nSPS) is 24.1. The number of aromatic nitrogens is 1. The van der Waals surface area contributed by atoms with E-state index in [1.807, 2.05) is 17.2 Å². The Bertz CT molecular complexity index is 1210. The van der Waals surface area contributed by atoms with E-state index in [-0.39, 0.29) is 23.8 Å². The van der Waals surface area contributed by atoms with E-state index in [9.17, 15) is 22.8 Å². The number of nitrogens with zero attached hydrogens (tertiary/aromatic N) is 5. The predicted octanol–water partition coefficient (Wildman–Crippen LogP) is 4.06. The number of halogens is 3. The summed E-state index contributed by atoms with van der Waals surface area (Å²) in [4.78, 5) is 38.3. The molecule has 5 rings (SSSR count). The molecule has 3 fully saturated rings. The predicted molar refractivity (Wildman–Crippen MR) is 153 cm³/mol. The van der Waals surface area contributed by atoms with E-state index in [0.29, 0.717) is 44.6 Å². The molecule has 0 radical (unpaired) electrons. The topological polar surface area (TPSA) is 69.2 Å². The lowest BCUT2D eigenvalue weighted by atomic mass is 9.86.